The van der Waals surface area contributed by atoms with E-state index in [1.807, 2.05) is 0 Å². The third-order valence-corrected chi connectivity index (χ3v) is 6.74. The highest BCUT2D eigenvalue weighted by atomic mass is 35.5. The molecule has 2 aromatic carbocycles. The second kappa shape index (κ2) is 10.0. The van der Waals surface area contributed by atoms with Gasteiger partial charge in [-0.3, -0.25) is 9.59 Å². The average Bonchev–Trinajstić information content (AvgIpc) is 3.47. The minimum atomic E-state index is -4.78. The van der Waals surface area contributed by atoms with Crippen LogP contribution in [0.3, 0.4) is 0 Å². The van der Waals surface area contributed by atoms with Crippen molar-refractivity contribution in [1.82, 2.24) is 24.8 Å². The molecule has 0 aliphatic carbocycles. The van der Waals surface area contributed by atoms with Crippen LogP contribution in [0.5, 0.6) is 0 Å². The Morgan fingerprint density at radius 2 is 1.80 bits per heavy atom. The van der Waals surface area contributed by atoms with Gasteiger partial charge in [-0.1, -0.05) is 17.7 Å². The van der Waals surface area contributed by atoms with Gasteiger partial charge in [0.2, 0.25) is 0 Å². The lowest BCUT2D eigenvalue weighted by atomic mass is 10.1. The van der Waals surface area contributed by atoms with Crippen molar-refractivity contribution in [1.29, 1.82) is 0 Å². The number of carbonyl (C=O) groups is 2. The van der Waals surface area contributed by atoms with Gasteiger partial charge in [0.1, 0.15) is 18.0 Å². The van der Waals surface area contributed by atoms with Gasteiger partial charge in [-0.2, -0.15) is 18.3 Å². The van der Waals surface area contributed by atoms with E-state index in [1.165, 1.54) is 18.2 Å². The van der Waals surface area contributed by atoms with Crippen LogP contribution in [-0.4, -0.2) is 56.6 Å². The minimum absolute atomic E-state index is 0.0605. The number of amides is 2. The first-order valence-corrected chi connectivity index (χ1v) is 11.9. The number of anilines is 1. The zero-order valence-electron chi connectivity index (χ0n) is 20.0. The molecule has 3 N–H and O–H groups in total. The standard InChI is InChI=1S/C25H17ClF6N6O2/c26-15-3-1-11(20-7-14(25(30,31)32)21-22(33)34-10-35-38(20)21)5-13(15)23(39)36-19-9-37(8-18(19)29)24(40)12-2-4-16(27)17(28)6-12/h1-7,10,18-19H,8-9H2,(H,36,39)(H2,33,34,35)/t18-,19+/m0/s1. The number of nitrogens with one attached hydrogen (secondary N) is 1. The number of nitrogen functional groups attached to an aromatic ring is 1. The van der Waals surface area contributed by atoms with Crippen molar-refractivity contribution < 1.29 is 35.9 Å². The van der Waals surface area contributed by atoms with Crippen LogP contribution in [-0.2, 0) is 6.18 Å². The van der Waals surface area contributed by atoms with Crippen LogP contribution >= 0.6 is 11.6 Å². The molecule has 208 valence electrons. The maximum absolute atomic E-state index is 14.8. The lowest BCUT2D eigenvalue weighted by molar-refractivity contribution is -0.136. The molecule has 15 heteroatoms. The fourth-order valence-corrected chi connectivity index (χ4v) is 4.68. The van der Waals surface area contributed by atoms with Crippen molar-refractivity contribution in [3.05, 3.63) is 82.1 Å². The summed E-state index contributed by atoms with van der Waals surface area (Å²) < 4.78 is 83.5. The SMILES string of the molecule is Nc1ncnn2c(-c3ccc(Cl)c(C(=O)N[C@@H]4CN(C(=O)c5ccc(F)c(F)c5)C[C@@H]4F)c3)cc(C(F)(F)F)c12. The Labute approximate surface area is 226 Å². The lowest BCUT2D eigenvalue weighted by Gasteiger charge is -2.17. The molecule has 0 radical (unpaired) electrons. The van der Waals surface area contributed by atoms with Crippen LogP contribution in [0.15, 0.2) is 48.8 Å². The summed E-state index contributed by atoms with van der Waals surface area (Å²) in [5.41, 5.74) is 3.81. The number of hydrogen-bond acceptors (Lipinski definition) is 5. The first-order chi connectivity index (χ1) is 18.8. The second-order valence-corrected chi connectivity index (χ2v) is 9.38. The van der Waals surface area contributed by atoms with Crippen molar-refractivity contribution >= 4 is 34.7 Å². The first-order valence-electron chi connectivity index (χ1n) is 11.5. The quantitative estimate of drug-likeness (QED) is 0.344. The number of rotatable bonds is 4. The van der Waals surface area contributed by atoms with E-state index in [2.05, 4.69) is 15.4 Å². The monoisotopic (exact) mass is 582 g/mol. The molecule has 0 unspecified atom stereocenters. The summed E-state index contributed by atoms with van der Waals surface area (Å²) in [6.07, 6.45) is -5.51. The summed E-state index contributed by atoms with van der Waals surface area (Å²) in [6, 6.07) is 6.01. The van der Waals surface area contributed by atoms with Crippen LogP contribution in [0.2, 0.25) is 5.02 Å². The Morgan fingerprint density at radius 3 is 2.50 bits per heavy atom. The van der Waals surface area contributed by atoms with E-state index in [1.54, 1.807) is 0 Å². The van der Waals surface area contributed by atoms with E-state index in [9.17, 15) is 35.9 Å². The van der Waals surface area contributed by atoms with E-state index in [0.29, 0.717) is 6.07 Å². The van der Waals surface area contributed by atoms with Crippen molar-refractivity contribution in [3.8, 4) is 11.3 Å². The van der Waals surface area contributed by atoms with Crippen LogP contribution in [0, 0.1) is 11.6 Å². The van der Waals surface area contributed by atoms with Crippen molar-refractivity contribution in [3.63, 3.8) is 0 Å². The van der Waals surface area contributed by atoms with Gasteiger partial charge < -0.3 is 16.0 Å². The molecule has 2 atom stereocenters. The van der Waals surface area contributed by atoms with Crippen LogP contribution in [0.4, 0.5) is 32.2 Å². The van der Waals surface area contributed by atoms with Crippen LogP contribution in [0.1, 0.15) is 26.3 Å². The van der Waals surface area contributed by atoms with Gasteiger partial charge in [-0.05, 0) is 36.4 Å². The molecule has 3 heterocycles. The molecule has 1 fully saturated rings. The molecule has 2 aromatic heterocycles. The average molecular weight is 583 g/mol. The van der Waals surface area contributed by atoms with Crippen molar-refractivity contribution in [2.75, 3.05) is 18.8 Å². The fraction of sp³-hybridized carbons (Fsp3) is 0.200. The molecule has 40 heavy (non-hydrogen) atoms. The van der Waals surface area contributed by atoms with Gasteiger partial charge in [-0.15, -0.1) is 0 Å². The Kier molecular flexibility index (Phi) is 6.82. The summed E-state index contributed by atoms with van der Waals surface area (Å²) in [5.74, 6) is -4.41. The maximum atomic E-state index is 14.8. The molecule has 0 saturated carbocycles. The smallest absolute Gasteiger partial charge is 0.382 e. The highest BCUT2D eigenvalue weighted by Gasteiger charge is 2.38. The predicted molar refractivity (Wildman–Crippen MR) is 131 cm³/mol. The van der Waals surface area contributed by atoms with Gasteiger partial charge in [0.05, 0.1) is 34.4 Å². The van der Waals surface area contributed by atoms with Gasteiger partial charge in [0.25, 0.3) is 11.8 Å². The zero-order chi connectivity index (χ0) is 28.9. The topological polar surface area (TPSA) is 106 Å². The molecule has 2 amide bonds. The molecule has 0 bridgehead atoms. The third-order valence-electron chi connectivity index (χ3n) is 6.41. The number of alkyl halides is 4. The molecular weight excluding hydrogens is 566 g/mol. The molecule has 5 rings (SSSR count). The summed E-state index contributed by atoms with van der Waals surface area (Å²) in [7, 11) is 0. The largest absolute Gasteiger partial charge is 0.418 e. The number of nitrogens with two attached hydrogens (primary N) is 1. The molecule has 8 nitrogen and oxygen atoms in total. The predicted octanol–water partition coefficient (Wildman–Crippen LogP) is 4.52. The summed E-state index contributed by atoms with van der Waals surface area (Å²) in [4.78, 5) is 30.4. The van der Waals surface area contributed by atoms with E-state index >= 15 is 0 Å². The van der Waals surface area contributed by atoms with Crippen molar-refractivity contribution in [2.24, 2.45) is 0 Å². The first kappa shape index (κ1) is 27.2. The number of carbonyl (C=O) groups excluding carboxylic acids is 2. The van der Waals surface area contributed by atoms with E-state index in [-0.39, 0.29) is 34.0 Å². The number of hydrogen-bond donors (Lipinski definition) is 2. The van der Waals surface area contributed by atoms with Gasteiger partial charge in [0.15, 0.2) is 17.5 Å². The molecule has 1 aliphatic heterocycles. The maximum Gasteiger partial charge on any atom is 0.418 e. The highest BCUT2D eigenvalue weighted by molar-refractivity contribution is 6.34. The Bertz CT molecular complexity index is 1660. The molecular formula is C25H17ClF6N6O2. The lowest BCUT2D eigenvalue weighted by Crippen LogP contribution is -2.41. The van der Waals surface area contributed by atoms with E-state index in [4.69, 9.17) is 17.3 Å². The van der Waals surface area contributed by atoms with Crippen LogP contribution in [0.25, 0.3) is 16.8 Å². The van der Waals surface area contributed by atoms with E-state index in [0.717, 1.165) is 33.9 Å². The third kappa shape index (κ3) is 4.90. The van der Waals surface area contributed by atoms with Gasteiger partial charge in [-0.25, -0.2) is 22.7 Å². The summed E-state index contributed by atoms with van der Waals surface area (Å²) >= 11 is 6.19. The second-order valence-electron chi connectivity index (χ2n) is 8.98. The number of nitrogens with zero attached hydrogens (tertiary/aromatic N) is 4. The zero-order valence-corrected chi connectivity index (χ0v) is 20.8. The highest BCUT2D eigenvalue weighted by Crippen LogP contribution is 2.39. The Morgan fingerprint density at radius 1 is 1.05 bits per heavy atom. The summed E-state index contributed by atoms with van der Waals surface area (Å²) in [6.45, 7) is -0.704. The van der Waals surface area contributed by atoms with Gasteiger partial charge >= 0.3 is 6.18 Å². The summed E-state index contributed by atoms with van der Waals surface area (Å²) in [5, 5.41) is 6.23. The Hall–Kier alpha value is -4.33. The van der Waals surface area contributed by atoms with Crippen molar-refractivity contribution in [2.45, 2.75) is 18.4 Å². The number of halogens is 7. The Balaban J connectivity index is 1.40. The molecule has 4 aromatic rings. The molecule has 0 spiro atoms. The van der Waals surface area contributed by atoms with E-state index < -0.39 is 65.3 Å². The number of benzene rings is 2. The molecule has 1 aliphatic rings. The number of aromatic nitrogens is 3. The van der Waals surface area contributed by atoms with Gasteiger partial charge in [0, 0.05) is 17.7 Å². The van der Waals surface area contributed by atoms with Crippen LogP contribution < -0.4 is 11.1 Å². The molecule has 1 saturated heterocycles. The fourth-order valence-electron chi connectivity index (χ4n) is 4.47. The minimum Gasteiger partial charge on any atom is -0.382 e. The normalized spacial score (nSPS) is 17.4. The number of likely N-dealkylation sites (tertiary alicyclic amines) is 1. The number of fused-ring (bicyclic) bond motifs is 1.